The fraction of sp³-hybridized carbons (Fsp3) is 0.167. The average Bonchev–Trinajstić information content (AvgIpc) is 3.02. The van der Waals surface area contributed by atoms with Crippen molar-refractivity contribution in [1.29, 1.82) is 0 Å². The zero-order valence-corrected chi connectivity index (χ0v) is 16.7. The molecule has 0 bridgehead atoms. The number of thioether (sulfide) groups is 1. The SMILES string of the molecule is O=C1S[C@@H](Cc2ccc(OCc3ccccc3)cc2)C(=O)N1Cc1ccccc1. The van der Waals surface area contributed by atoms with Gasteiger partial charge in [-0.25, -0.2) is 0 Å². The molecular formula is C24H21NO3S. The fourth-order valence-corrected chi connectivity index (χ4v) is 4.24. The first-order valence-electron chi connectivity index (χ1n) is 9.50. The van der Waals surface area contributed by atoms with Crippen LogP contribution in [0.15, 0.2) is 84.9 Å². The number of carbonyl (C=O) groups excluding carboxylic acids is 2. The predicted molar refractivity (Wildman–Crippen MR) is 115 cm³/mol. The molecule has 146 valence electrons. The molecule has 3 aromatic carbocycles. The standard InChI is InChI=1S/C24H21NO3S/c26-23-22(29-24(27)25(23)16-19-7-3-1-4-8-19)15-18-11-13-21(14-12-18)28-17-20-9-5-2-6-10-20/h1-14,22H,15-17H2/t22-/m0/s1. The summed E-state index contributed by atoms with van der Waals surface area (Å²) >= 11 is 1.11. The van der Waals surface area contributed by atoms with Crippen LogP contribution in [0, 0.1) is 0 Å². The minimum atomic E-state index is -0.373. The lowest BCUT2D eigenvalue weighted by atomic mass is 10.1. The van der Waals surface area contributed by atoms with Gasteiger partial charge >= 0.3 is 0 Å². The highest BCUT2D eigenvalue weighted by Crippen LogP contribution is 2.31. The quantitative estimate of drug-likeness (QED) is 0.552. The van der Waals surface area contributed by atoms with Crippen molar-refractivity contribution in [2.45, 2.75) is 24.8 Å². The summed E-state index contributed by atoms with van der Waals surface area (Å²) in [5.41, 5.74) is 3.08. The van der Waals surface area contributed by atoms with Gasteiger partial charge in [-0.3, -0.25) is 14.5 Å². The van der Waals surface area contributed by atoms with Crippen molar-refractivity contribution in [3.63, 3.8) is 0 Å². The number of benzene rings is 3. The molecule has 1 aliphatic rings. The largest absolute Gasteiger partial charge is 0.489 e. The molecule has 1 saturated heterocycles. The number of rotatable bonds is 7. The van der Waals surface area contributed by atoms with Crippen LogP contribution in [0.5, 0.6) is 5.75 Å². The molecule has 4 nitrogen and oxygen atoms in total. The molecule has 2 amide bonds. The lowest BCUT2D eigenvalue weighted by Crippen LogP contribution is -2.31. The minimum absolute atomic E-state index is 0.117. The molecule has 0 saturated carbocycles. The average molecular weight is 404 g/mol. The molecule has 0 aliphatic carbocycles. The summed E-state index contributed by atoms with van der Waals surface area (Å²) in [5, 5.41) is -0.547. The van der Waals surface area contributed by atoms with Gasteiger partial charge in [0.25, 0.3) is 5.24 Å². The first-order chi connectivity index (χ1) is 14.2. The van der Waals surface area contributed by atoms with Gasteiger partial charge in [0.1, 0.15) is 12.4 Å². The highest BCUT2D eigenvalue weighted by molar-refractivity contribution is 8.15. The van der Waals surface area contributed by atoms with E-state index >= 15 is 0 Å². The summed E-state index contributed by atoms with van der Waals surface area (Å²) in [5.74, 6) is 0.665. The van der Waals surface area contributed by atoms with Crippen molar-refractivity contribution in [2.24, 2.45) is 0 Å². The van der Waals surface area contributed by atoms with E-state index in [1.54, 1.807) is 0 Å². The summed E-state index contributed by atoms with van der Waals surface area (Å²) in [6.45, 7) is 0.842. The normalized spacial score (nSPS) is 16.3. The van der Waals surface area contributed by atoms with Crippen LogP contribution >= 0.6 is 11.8 Å². The van der Waals surface area contributed by atoms with E-state index in [0.29, 0.717) is 19.6 Å². The molecule has 0 unspecified atom stereocenters. The van der Waals surface area contributed by atoms with E-state index in [-0.39, 0.29) is 16.4 Å². The number of imide groups is 1. The lowest BCUT2D eigenvalue weighted by Gasteiger charge is -2.14. The molecule has 1 aliphatic heterocycles. The maximum Gasteiger partial charge on any atom is 0.289 e. The minimum Gasteiger partial charge on any atom is -0.489 e. The molecule has 3 aromatic rings. The second kappa shape index (κ2) is 8.97. The van der Waals surface area contributed by atoms with Gasteiger partial charge in [0.05, 0.1) is 11.8 Å². The van der Waals surface area contributed by atoms with Crippen LogP contribution in [-0.4, -0.2) is 21.3 Å². The summed E-state index contributed by atoms with van der Waals surface area (Å²) in [6.07, 6.45) is 0.527. The summed E-state index contributed by atoms with van der Waals surface area (Å²) in [6, 6.07) is 27.3. The topological polar surface area (TPSA) is 46.6 Å². The number of ether oxygens (including phenoxy) is 1. The van der Waals surface area contributed by atoms with E-state index in [1.807, 2.05) is 84.9 Å². The van der Waals surface area contributed by atoms with Gasteiger partial charge in [-0.1, -0.05) is 84.6 Å². The predicted octanol–water partition coefficient (Wildman–Crippen LogP) is 5.07. The van der Waals surface area contributed by atoms with Crippen molar-refractivity contribution in [2.75, 3.05) is 0 Å². The first kappa shape index (κ1) is 19.3. The van der Waals surface area contributed by atoms with E-state index in [2.05, 4.69) is 0 Å². The highest BCUT2D eigenvalue weighted by Gasteiger charge is 2.39. The summed E-state index contributed by atoms with van der Waals surface area (Å²) in [7, 11) is 0. The smallest absolute Gasteiger partial charge is 0.289 e. The highest BCUT2D eigenvalue weighted by atomic mass is 32.2. The Morgan fingerprint density at radius 3 is 2.03 bits per heavy atom. The Bertz CT molecular complexity index is 974. The molecule has 5 heteroatoms. The maximum atomic E-state index is 12.7. The van der Waals surface area contributed by atoms with Gasteiger partial charge in [0.15, 0.2) is 0 Å². The summed E-state index contributed by atoms with van der Waals surface area (Å²) < 4.78 is 5.80. The van der Waals surface area contributed by atoms with E-state index in [1.165, 1.54) is 4.90 Å². The van der Waals surface area contributed by atoms with Crippen molar-refractivity contribution < 1.29 is 14.3 Å². The van der Waals surface area contributed by atoms with E-state index in [0.717, 1.165) is 34.2 Å². The Labute approximate surface area is 174 Å². The molecule has 4 rings (SSSR count). The van der Waals surface area contributed by atoms with Crippen LogP contribution in [0.3, 0.4) is 0 Å². The number of amides is 2. The van der Waals surface area contributed by atoms with Crippen LogP contribution in [0.4, 0.5) is 4.79 Å². The van der Waals surface area contributed by atoms with Crippen molar-refractivity contribution in [3.05, 3.63) is 102 Å². The fourth-order valence-electron chi connectivity index (χ4n) is 3.21. The molecule has 29 heavy (non-hydrogen) atoms. The molecule has 0 radical (unpaired) electrons. The van der Waals surface area contributed by atoms with Crippen LogP contribution in [0.25, 0.3) is 0 Å². The molecule has 0 spiro atoms. The number of nitrogens with zero attached hydrogens (tertiary/aromatic N) is 1. The third-order valence-electron chi connectivity index (χ3n) is 4.78. The Balaban J connectivity index is 1.34. The lowest BCUT2D eigenvalue weighted by molar-refractivity contribution is -0.127. The van der Waals surface area contributed by atoms with E-state index in [4.69, 9.17) is 4.74 Å². The second-order valence-electron chi connectivity index (χ2n) is 6.90. The van der Waals surface area contributed by atoms with Gasteiger partial charge in [-0.2, -0.15) is 0 Å². The second-order valence-corrected chi connectivity index (χ2v) is 8.06. The van der Waals surface area contributed by atoms with Gasteiger partial charge in [0, 0.05) is 0 Å². The van der Waals surface area contributed by atoms with Crippen LogP contribution in [0.2, 0.25) is 0 Å². The van der Waals surface area contributed by atoms with Crippen molar-refractivity contribution in [3.8, 4) is 5.75 Å². The van der Waals surface area contributed by atoms with Gasteiger partial charge in [-0.15, -0.1) is 0 Å². The van der Waals surface area contributed by atoms with Crippen LogP contribution in [-0.2, 0) is 24.4 Å². The molecule has 1 atom stereocenters. The van der Waals surface area contributed by atoms with Crippen LogP contribution in [0.1, 0.15) is 16.7 Å². The van der Waals surface area contributed by atoms with E-state index < -0.39 is 0 Å². The first-order valence-corrected chi connectivity index (χ1v) is 10.4. The molecular weight excluding hydrogens is 382 g/mol. The monoisotopic (exact) mass is 403 g/mol. The molecule has 1 heterocycles. The number of hydrogen-bond donors (Lipinski definition) is 0. The van der Waals surface area contributed by atoms with Gasteiger partial charge < -0.3 is 4.74 Å². The number of carbonyl (C=O) groups is 2. The Kier molecular flexibility index (Phi) is 5.96. The summed E-state index contributed by atoms with van der Waals surface area (Å²) in [4.78, 5) is 26.4. The zero-order chi connectivity index (χ0) is 20.1. The maximum absolute atomic E-state index is 12.7. The zero-order valence-electron chi connectivity index (χ0n) is 15.9. The van der Waals surface area contributed by atoms with Gasteiger partial charge in [-0.05, 0) is 35.2 Å². The Hall–Kier alpha value is -3.05. The van der Waals surface area contributed by atoms with E-state index in [9.17, 15) is 9.59 Å². The third-order valence-corrected chi connectivity index (χ3v) is 5.86. The molecule has 0 N–H and O–H groups in total. The Morgan fingerprint density at radius 2 is 1.38 bits per heavy atom. The molecule has 0 aromatic heterocycles. The van der Waals surface area contributed by atoms with Crippen LogP contribution < -0.4 is 4.74 Å². The third kappa shape index (κ3) is 4.87. The number of hydrogen-bond acceptors (Lipinski definition) is 4. The van der Waals surface area contributed by atoms with Crippen molar-refractivity contribution >= 4 is 22.9 Å². The van der Waals surface area contributed by atoms with Crippen molar-refractivity contribution in [1.82, 2.24) is 4.90 Å². The van der Waals surface area contributed by atoms with Gasteiger partial charge in [0.2, 0.25) is 5.91 Å². The Morgan fingerprint density at radius 1 is 0.759 bits per heavy atom. The molecule has 1 fully saturated rings.